The van der Waals surface area contributed by atoms with Crippen LogP contribution in [0.5, 0.6) is 5.75 Å². The minimum atomic E-state index is -0.725. The molecule has 0 spiro atoms. The minimum absolute atomic E-state index is 0.0193. The van der Waals surface area contributed by atoms with Gasteiger partial charge in [-0.3, -0.25) is 0 Å². The predicted molar refractivity (Wildman–Crippen MR) is 88.1 cm³/mol. The zero-order chi connectivity index (χ0) is 16.2. The van der Waals surface area contributed by atoms with Gasteiger partial charge in [0.05, 0.1) is 18.4 Å². The van der Waals surface area contributed by atoms with Crippen molar-refractivity contribution in [2.75, 3.05) is 12.4 Å². The highest BCUT2D eigenvalue weighted by Gasteiger charge is 2.20. The van der Waals surface area contributed by atoms with Crippen molar-refractivity contribution >= 4 is 11.4 Å². The van der Waals surface area contributed by atoms with Gasteiger partial charge in [-0.25, -0.2) is 8.78 Å². The summed E-state index contributed by atoms with van der Waals surface area (Å²) in [6.07, 6.45) is 0. The molecule has 4 heteroatoms. The number of hydrogen-bond acceptors (Lipinski definition) is 2. The molecule has 3 aromatic rings. The van der Waals surface area contributed by atoms with Crippen LogP contribution < -0.4 is 10.1 Å². The van der Waals surface area contributed by atoms with Gasteiger partial charge in [0.25, 0.3) is 0 Å². The summed E-state index contributed by atoms with van der Waals surface area (Å²) in [7, 11) is 1.36. The largest absolute Gasteiger partial charge is 0.492 e. The normalized spacial score (nSPS) is 10.4. The molecule has 0 bridgehead atoms. The molecule has 0 amide bonds. The molecular weight excluding hydrogens is 296 g/mol. The van der Waals surface area contributed by atoms with Gasteiger partial charge in [0.2, 0.25) is 0 Å². The van der Waals surface area contributed by atoms with Gasteiger partial charge >= 0.3 is 0 Å². The Morgan fingerprint density at radius 2 is 1.48 bits per heavy atom. The minimum Gasteiger partial charge on any atom is -0.492 e. The number of methoxy groups -OCH3 is 1. The molecule has 3 rings (SSSR count). The monoisotopic (exact) mass is 311 g/mol. The van der Waals surface area contributed by atoms with E-state index in [0.29, 0.717) is 5.56 Å². The summed E-state index contributed by atoms with van der Waals surface area (Å²) in [5.41, 5.74) is 1.33. The molecular formula is C19H15F2NO. The molecule has 23 heavy (non-hydrogen) atoms. The summed E-state index contributed by atoms with van der Waals surface area (Å²) in [6.45, 7) is 0. The van der Waals surface area contributed by atoms with E-state index in [-0.39, 0.29) is 17.0 Å². The molecule has 0 fully saturated rings. The fourth-order valence-corrected chi connectivity index (χ4v) is 2.44. The molecule has 0 radical (unpaired) electrons. The lowest BCUT2D eigenvalue weighted by Gasteiger charge is -2.15. The Morgan fingerprint density at radius 1 is 0.870 bits per heavy atom. The number of benzene rings is 3. The highest BCUT2D eigenvalue weighted by Crippen LogP contribution is 2.38. The summed E-state index contributed by atoms with van der Waals surface area (Å²) in [4.78, 5) is 0. The first-order chi connectivity index (χ1) is 11.2. The molecule has 1 N–H and O–H groups in total. The number of rotatable bonds is 4. The van der Waals surface area contributed by atoms with E-state index in [0.717, 1.165) is 5.69 Å². The van der Waals surface area contributed by atoms with E-state index in [2.05, 4.69) is 5.32 Å². The zero-order valence-electron chi connectivity index (χ0n) is 12.5. The summed E-state index contributed by atoms with van der Waals surface area (Å²) in [5, 5.41) is 2.98. The second-order valence-corrected chi connectivity index (χ2v) is 4.99. The van der Waals surface area contributed by atoms with Crippen molar-refractivity contribution < 1.29 is 13.5 Å². The van der Waals surface area contributed by atoms with Gasteiger partial charge in [-0.1, -0.05) is 48.5 Å². The van der Waals surface area contributed by atoms with Gasteiger partial charge in [-0.15, -0.1) is 0 Å². The third-order valence-electron chi connectivity index (χ3n) is 3.49. The molecule has 0 saturated heterocycles. The lowest BCUT2D eigenvalue weighted by Crippen LogP contribution is -2.01. The van der Waals surface area contributed by atoms with Crippen molar-refractivity contribution in [2.45, 2.75) is 0 Å². The number of halogens is 2. The Morgan fingerprint density at radius 3 is 2.09 bits per heavy atom. The Hall–Kier alpha value is -2.88. The van der Waals surface area contributed by atoms with Gasteiger partial charge in [-0.05, 0) is 17.7 Å². The SMILES string of the molecule is COc1c(Nc2ccccc2)cc(F)c(-c2ccccc2)c1F. The van der Waals surface area contributed by atoms with E-state index in [1.54, 1.807) is 42.5 Å². The molecule has 0 aromatic heterocycles. The van der Waals surface area contributed by atoms with E-state index in [9.17, 15) is 8.78 Å². The average Bonchev–Trinajstić information content (AvgIpc) is 2.57. The van der Waals surface area contributed by atoms with E-state index in [1.807, 2.05) is 18.2 Å². The van der Waals surface area contributed by atoms with Crippen molar-refractivity contribution in [3.63, 3.8) is 0 Å². The van der Waals surface area contributed by atoms with Crippen LogP contribution >= 0.6 is 0 Å². The van der Waals surface area contributed by atoms with Crippen molar-refractivity contribution in [1.29, 1.82) is 0 Å². The Bertz CT molecular complexity index is 805. The molecule has 3 aromatic carbocycles. The average molecular weight is 311 g/mol. The molecule has 0 saturated carbocycles. The maximum atomic E-state index is 14.8. The van der Waals surface area contributed by atoms with Crippen molar-refractivity contribution in [3.05, 3.63) is 78.4 Å². The van der Waals surface area contributed by atoms with Crippen molar-refractivity contribution in [1.82, 2.24) is 0 Å². The number of para-hydroxylation sites is 1. The Kier molecular flexibility index (Phi) is 4.24. The first-order valence-electron chi connectivity index (χ1n) is 7.14. The summed E-state index contributed by atoms with van der Waals surface area (Å²) < 4.78 is 34.4. The number of anilines is 2. The summed E-state index contributed by atoms with van der Waals surface area (Å²) in [6, 6.07) is 19.0. The van der Waals surface area contributed by atoms with E-state index >= 15 is 0 Å². The van der Waals surface area contributed by atoms with Crippen LogP contribution in [0.3, 0.4) is 0 Å². The molecule has 116 valence electrons. The maximum absolute atomic E-state index is 14.8. The predicted octanol–water partition coefficient (Wildman–Crippen LogP) is 5.38. The van der Waals surface area contributed by atoms with Gasteiger partial charge in [0.15, 0.2) is 11.6 Å². The van der Waals surface area contributed by atoms with Crippen LogP contribution in [0.15, 0.2) is 66.7 Å². The number of ether oxygens (including phenoxy) is 1. The second-order valence-electron chi connectivity index (χ2n) is 4.99. The van der Waals surface area contributed by atoms with Crippen molar-refractivity contribution in [3.8, 4) is 16.9 Å². The van der Waals surface area contributed by atoms with Crippen LogP contribution in [-0.4, -0.2) is 7.11 Å². The highest BCUT2D eigenvalue weighted by molar-refractivity contribution is 5.75. The zero-order valence-corrected chi connectivity index (χ0v) is 12.5. The number of nitrogens with one attached hydrogen (secondary N) is 1. The fraction of sp³-hybridized carbons (Fsp3) is 0.0526. The third kappa shape index (κ3) is 3.01. The summed E-state index contributed by atoms with van der Waals surface area (Å²) >= 11 is 0. The van der Waals surface area contributed by atoms with Gasteiger partial charge in [0.1, 0.15) is 5.82 Å². The molecule has 0 aliphatic rings. The van der Waals surface area contributed by atoms with E-state index < -0.39 is 11.6 Å². The van der Waals surface area contributed by atoms with Crippen LogP contribution in [0.25, 0.3) is 11.1 Å². The second kappa shape index (κ2) is 6.48. The first kappa shape index (κ1) is 15.0. The molecule has 0 aliphatic heterocycles. The third-order valence-corrected chi connectivity index (χ3v) is 3.49. The number of hydrogen-bond donors (Lipinski definition) is 1. The maximum Gasteiger partial charge on any atom is 0.178 e. The molecule has 0 aliphatic carbocycles. The smallest absolute Gasteiger partial charge is 0.178 e. The van der Waals surface area contributed by atoms with Gasteiger partial charge in [0, 0.05) is 11.8 Å². The lowest BCUT2D eigenvalue weighted by atomic mass is 10.0. The van der Waals surface area contributed by atoms with Crippen LogP contribution in [-0.2, 0) is 0 Å². The van der Waals surface area contributed by atoms with Gasteiger partial charge in [-0.2, -0.15) is 0 Å². The van der Waals surface area contributed by atoms with Crippen molar-refractivity contribution in [2.24, 2.45) is 0 Å². The Labute approximate surface area is 133 Å². The molecule has 0 atom stereocenters. The van der Waals surface area contributed by atoms with E-state index in [1.165, 1.54) is 13.2 Å². The Balaban J connectivity index is 2.10. The molecule has 0 unspecified atom stereocenters. The fourth-order valence-electron chi connectivity index (χ4n) is 2.44. The van der Waals surface area contributed by atoms with Crippen LogP contribution in [0.2, 0.25) is 0 Å². The lowest BCUT2D eigenvalue weighted by molar-refractivity contribution is 0.387. The van der Waals surface area contributed by atoms with Crippen LogP contribution in [0.4, 0.5) is 20.2 Å². The van der Waals surface area contributed by atoms with Crippen LogP contribution in [0.1, 0.15) is 0 Å². The van der Waals surface area contributed by atoms with E-state index in [4.69, 9.17) is 4.74 Å². The quantitative estimate of drug-likeness (QED) is 0.698. The standard InChI is InChI=1S/C19H15F2NO/c1-23-19-16(22-14-10-6-3-7-11-14)12-15(20)17(18(19)21)13-8-4-2-5-9-13/h2-12,22H,1H3. The molecule has 0 heterocycles. The molecule has 2 nitrogen and oxygen atoms in total. The highest BCUT2D eigenvalue weighted by atomic mass is 19.1. The summed E-state index contributed by atoms with van der Waals surface area (Å²) in [5.74, 6) is -1.39. The van der Waals surface area contributed by atoms with Crippen LogP contribution in [0, 0.1) is 11.6 Å². The van der Waals surface area contributed by atoms with Gasteiger partial charge < -0.3 is 10.1 Å². The topological polar surface area (TPSA) is 21.3 Å². The first-order valence-corrected chi connectivity index (χ1v) is 7.14.